The molecule has 5 heteroatoms. The number of hydrogen-bond acceptors (Lipinski definition) is 4. The molecule has 0 bridgehead atoms. The van der Waals surface area contributed by atoms with Crippen LogP contribution in [0.1, 0.15) is 58.6 Å². The number of ketones is 1. The highest BCUT2D eigenvalue weighted by molar-refractivity contribution is 6.11. The molecule has 1 aromatic rings. The van der Waals surface area contributed by atoms with Crippen LogP contribution in [0.15, 0.2) is 41.7 Å². The summed E-state index contributed by atoms with van der Waals surface area (Å²) in [4.78, 5) is 31.4. The van der Waals surface area contributed by atoms with Crippen molar-refractivity contribution in [3.63, 3.8) is 0 Å². The Morgan fingerprint density at radius 3 is 2.39 bits per heavy atom. The smallest absolute Gasteiger partial charge is 0.290 e. The summed E-state index contributed by atoms with van der Waals surface area (Å²) in [6, 6.07) is 9.65. The molecule has 5 unspecified atom stereocenters. The summed E-state index contributed by atoms with van der Waals surface area (Å²) in [6.07, 6.45) is 2.42. The van der Waals surface area contributed by atoms with Crippen molar-refractivity contribution in [2.75, 3.05) is 26.2 Å². The Morgan fingerprint density at radius 2 is 1.71 bits per heavy atom. The van der Waals surface area contributed by atoms with E-state index in [0.29, 0.717) is 29.7 Å². The lowest BCUT2D eigenvalue weighted by molar-refractivity contribution is -0.137. The van der Waals surface area contributed by atoms with Crippen molar-refractivity contribution in [1.29, 1.82) is 0 Å². The van der Waals surface area contributed by atoms with E-state index < -0.39 is 0 Å². The minimum absolute atomic E-state index is 0.110. The van der Waals surface area contributed by atoms with Gasteiger partial charge in [0.1, 0.15) is 6.10 Å². The average Bonchev–Trinajstić information content (AvgIpc) is 3.05. The molecule has 3 aliphatic rings. The van der Waals surface area contributed by atoms with Gasteiger partial charge < -0.3 is 14.5 Å². The summed E-state index contributed by atoms with van der Waals surface area (Å²) in [5, 5.41) is 0. The molecule has 2 heterocycles. The van der Waals surface area contributed by atoms with E-state index in [9.17, 15) is 9.59 Å². The van der Waals surface area contributed by atoms with Crippen molar-refractivity contribution in [3.05, 3.63) is 47.2 Å². The van der Waals surface area contributed by atoms with Crippen LogP contribution in [0.2, 0.25) is 0 Å². The number of fused-ring (bicyclic) bond motifs is 1. The molecule has 1 saturated carbocycles. The Balaban J connectivity index is 1.64. The Morgan fingerprint density at radius 1 is 1.03 bits per heavy atom. The standard InChI is InChI=1S/C26H36N2O3/c1-5-27(6-2)13-10-14-28-23(19-11-8-7-9-12-19)22-24(29)20-15-17(3)18(4)16-21(20)31-25(22)26(28)30/h7-9,11-12,17-18,20-21,23H,5-6,10,13-16H2,1-4H3. The van der Waals surface area contributed by atoms with E-state index in [1.54, 1.807) is 0 Å². The molecule has 1 fully saturated rings. The average molecular weight is 425 g/mol. The van der Waals surface area contributed by atoms with E-state index >= 15 is 0 Å². The van der Waals surface area contributed by atoms with Gasteiger partial charge in [0.15, 0.2) is 11.5 Å². The van der Waals surface area contributed by atoms with Crippen molar-refractivity contribution in [2.45, 2.75) is 59.1 Å². The van der Waals surface area contributed by atoms with Gasteiger partial charge in [0.25, 0.3) is 5.91 Å². The molecule has 0 spiro atoms. The first kappa shape index (κ1) is 22.1. The first-order chi connectivity index (χ1) is 15.0. The predicted octanol–water partition coefficient (Wildman–Crippen LogP) is 4.21. The van der Waals surface area contributed by atoms with E-state index in [1.807, 2.05) is 35.2 Å². The number of carbonyl (C=O) groups is 2. The second kappa shape index (κ2) is 9.15. The molecule has 1 amide bonds. The van der Waals surface area contributed by atoms with Crippen LogP contribution >= 0.6 is 0 Å². The fourth-order valence-electron chi connectivity index (χ4n) is 5.53. The summed E-state index contributed by atoms with van der Waals surface area (Å²) in [5.41, 5.74) is 1.60. The van der Waals surface area contributed by atoms with Crippen LogP contribution < -0.4 is 0 Å². The number of Topliss-reactive ketones (excluding diaryl/α,β-unsaturated/α-hetero) is 1. The topological polar surface area (TPSA) is 49.9 Å². The largest absolute Gasteiger partial charge is 0.483 e. The maximum Gasteiger partial charge on any atom is 0.290 e. The fourth-order valence-corrected chi connectivity index (χ4v) is 5.53. The summed E-state index contributed by atoms with van der Waals surface area (Å²) in [7, 11) is 0. The van der Waals surface area contributed by atoms with Gasteiger partial charge in [0.2, 0.25) is 0 Å². The highest BCUT2D eigenvalue weighted by atomic mass is 16.5. The second-order valence-corrected chi connectivity index (χ2v) is 9.49. The molecule has 0 saturated heterocycles. The third kappa shape index (κ3) is 4.05. The summed E-state index contributed by atoms with van der Waals surface area (Å²) in [5.74, 6) is 1.22. The van der Waals surface area contributed by atoms with E-state index in [4.69, 9.17) is 4.74 Å². The van der Waals surface area contributed by atoms with Gasteiger partial charge >= 0.3 is 0 Å². The molecule has 31 heavy (non-hydrogen) atoms. The first-order valence-corrected chi connectivity index (χ1v) is 12.0. The minimum atomic E-state index is -0.330. The Kier molecular flexibility index (Phi) is 6.52. The van der Waals surface area contributed by atoms with Crippen LogP contribution in [0, 0.1) is 17.8 Å². The third-order valence-electron chi connectivity index (χ3n) is 7.69. The molecule has 4 rings (SSSR count). The van der Waals surface area contributed by atoms with Crippen LogP contribution in [0.5, 0.6) is 0 Å². The lowest BCUT2D eigenvalue weighted by Gasteiger charge is -2.40. The second-order valence-electron chi connectivity index (χ2n) is 9.49. The maximum absolute atomic E-state index is 13.7. The van der Waals surface area contributed by atoms with Crippen LogP contribution in [-0.4, -0.2) is 53.8 Å². The Hall–Kier alpha value is -2.14. The molecule has 0 aromatic heterocycles. The summed E-state index contributed by atoms with van der Waals surface area (Å²) < 4.78 is 6.32. The summed E-state index contributed by atoms with van der Waals surface area (Å²) >= 11 is 0. The minimum Gasteiger partial charge on any atom is -0.483 e. The fraction of sp³-hybridized carbons (Fsp3) is 0.615. The molecule has 0 radical (unpaired) electrons. The lowest BCUT2D eigenvalue weighted by atomic mass is 9.70. The van der Waals surface area contributed by atoms with Crippen molar-refractivity contribution < 1.29 is 14.3 Å². The van der Waals surface area contributed by atoms with Gasteiger partial charge in [0, 0.05) is 6.54 Å². The first-order valence-electron chi connectivity index (χ1n) is 12.0. The number of amides is 1. The van der Waals surface area contributed by atoms with E-state index in [2.05, 4.69) is 32.6 Å². The number of ether oxygens (including phenoxy) is 1. The van der Waals surface area contributed by atoms with Crippen LogP contribution in [0.4, 0.5) is 0 Å². The van der Waals surface area contributed by atoms with E-state index in [0.717, 1.165) is 44.5 Å². The maximum atomic E-state index is 13.7. The number of benzene rings is 1. The van der Waals surface area contributed by atoms with Gasteiger partial charge in [-0.05, 0) is 56.3 Å². The van der Waals surface area contributed by atoms with E-state index in [1.165, 1.54) is 0 Å². The predicted molar refractivity (Wildman–Crippen MR) is 121 cm³/mol. The van der Waals surface area contributed by atoms with Crippen LogP contribution in [0.3, 0.4) is 0 Å². The molecular formula is C26H36N2O3. The molecule has 1 aliphatic carbocycles. The molecule has 2 aliphatic heterocycles. The van der Waals surface area contributed by atoms with E-state index in [-0.39, 0.29) is 29.8 Å². The van der Waals surface area contributed by atoms with Gasteiger partial charge in [-0.3, -0.25) is 9.59 Å². The normalized spacial score (nSPS) is 30.5. The molecule has 0 N–H and O–H groups in total. The van der Waals surface area contributed by atoms with Crippen molar-refractivity contribution in [3.8, 4) is 0 Å². The number of rotatable bonds is 7. The van der Waals surface area contributed by atoms with Crippen molar-refractivity contribution in [1.82, 2.24) is 9.80 Å². The number of hydrogen-bond donors (Lipinski definition) is 0. The van der Waals surface area contributed by atoms with Crippen LogP contribution in [-0.2, 0) is 14.3 Å². The molecule has 5 nitrogen and oxygen atoms in total. The van der Waals surface area contributed by atoms with Gasteiger partial charge in [-0.25, -0.2) is 0 Å². The van der Waals surface area contributed by atoms with Crippen molar-refractivity contribution >= 4 is 11.7 Å². The quantitative estimate of drug-likeness (QED) is 0.658. The van der Waals surface area contributed by atoms with Crippen molar-refractivity contribution in [2.24, 2.45) is 17.8 Å². The zero-order valence-corrected chi connectivity index (χ0v) is 19.3. The van der Waals surface area contributed by atoms with Crippen LogP contribution in [0.25, 0.3) is 0 Å². The van der Waals surface area contributed by atoms with Gasteiger partial charge in [-0.15, -0.1) is 0 Å². The highest BCUT2D eigenvalue weighted by Gasteiger charge is 2.53. The summed E-state index contributed by atoms with van der Waals surface area (Å²) in [6.45, 7) is 12.3. The van der Waals surface area contributed by atoms with Gasteiger partial charge in [-0.1, -0.05) is 58.0 Å². The zero-order chi connectivity index (χ0) is 22.1. The number of nitrogens with zero attached hydrogens (tertiary/aromatic N) is 2. The monoisotopic (exact) mass is 424 g/mol. The van der Waals surface area contributed by atoms with Gasteiger partial charge in [0.05, 0.1) is 17.5 Å². The Bertz CT molecular complexity index is 845. The number of carbonyl (C=O) groups excluding carboxylic acids is 2. The molecule has 168 valence electrons. The van der Waals surface area contributed by atoms with Gasteiger partial charge in [-0.2, -0.15) is 0 Å². The zero-order valence-electron chi connectivity index (χ0n) is 19.3. The molecule has 5 atom stereocenters. The lowest BCUT2D eigenvalue weighted by Crippen LogP contribution is -2.43. The third-order valence-corrected chi connectivity index (χ3v) is 7.69. The molecular weight excluding hydrogens is 388 g/mol. The Labute approximate surface area is 186 Å². The SMILES string of the molecule is CCN(CC)CCCN1C(=O)C2=C(C(=O)C3CC(C)C(C)CC3O2)C1c1ccccc1. The highest BCUT2D eigenvalue weighted by Crippen LogP contribution is 2.48. The molecule has 1 aromatic carbocycles.